The summed E-state index contributed by atoms with van der Waals surface area (Å²) < 4.78 is 2.15. The molecule has 0 radical (unpaired) electrons. The zero-order valence-electron chi connectivity index (χ0n) is 5.63. The van der Waals surface area contributed by atoms with E-state index in [1.807, 2.05) is 0 Å². The Labute approximate surface area is 58.7 Å². The molecule has 1 saturated heterocycles. The topological polar surface area (TPSA) is 20.3 Å². The van der Waals surface area contributed by atoms with Gasteiger partial charge in [0.25, 0.3) is 0 Å². The van der Waals surface area contributed by atoms with Crippen molar-refractivity contribution in [2.75, 3.05) is 13.1 Å². The number of hydrogen-bond acceptors (Lipinski definition) is 2. The summed E-state index contributed by atoms with van der Waals surface area (Å²) in [6.45, 7) is 2.15. The van der Waals surface area contributed by atoms with Crippen molar-refractivity contribution in [1.82, 2.24) is 4.67 Å². The van der Waals surface area contributed by atoms with E-state index in [0.717, 1.165) is 19.5 Å². The van der Waals surface area contributed by atoms with E-state index in [1.54, 1.807) is 7.85 Å². The Kier molecular flexibility index (Phi) is 2.26. The Hall–Kier alpha value is 0.125. The Balaban J connectivity index is 2.11. The van der Waals surface area contributed by atoms with Gasteiger partial charge in [-0.2, -0.15) is 0 Å². The van der Waals surface area contributed by atoms with Gasteiger partial charge in [0.15, 0.2) is 7.85 Å². The highest BCUT2D eigenvalue weighted by molar-refractivity contribution is 7.13. The van der Waals surface area contributed by atoms with Crippen LogP contribution in [0.3, 0.4) is 0 Å². The second-order valence-electron chi connectivity index (χ2n) is 2.73. The fourth-order valence-electron chi connectivity index (χ4n) is 1.15. The molecule has 0 saturated carbocycles. The molecule has 0 spiro atoms. The molecule has 9 heavy (non-hydrogen) atoms. The molecular formula is C5H11BNOP. The van der Waals surface area contributed by atoms with Crippen LogP contribution in [0.15, 0.2) is 0 Å². The molecule has 1 aliphatic rings. The maximum Gasteiger partial charge on any atom is 0.187 e. The normalized spacial score (nSPS) is 21.4. The van der Waals surface area contributed by atoms with Crippen molar-refractivity contribution in [2.45, 2.75) is 6.42 Å². The zero-order valence-corrected chi connectivity index (χ0v) is 6.79. The molecule has 1 atom stereocenters. The first-order valence-electron chi connectivity index (χ1n) is 3.17. The highest BCUT2D eigenvalue weighted by atomic mass is 31.0. The summed E-state index contributed by atoms with van der Waals surface area (Å²) in [6, 6.07) is 0. The highest BCUT2D eigenvalue weighted by Gasteiger charge is 2.23. The third-order valence-corrected chi connectivity index (χ3v) is 1.98. The summed E-state index contributed by atoms with van der Waals surface area (Å²) in [7, 11) is 4.29. The van der Waals surface area contributed by atoms with Gasteiger partial charge in [-0.05, 0) is 5.92 Å². The Morgan fingerprint density at radius 1 is 1.78 bits per heavy atom. The van der Waals surface area contributed by atoms with Gasteiger partial charge < -0.3 is 4.79 Å². The number of nitrogens with zero attached hydrogens (tertiary/aromatic N) is 1. The maximum atomic E-state index is 10.5. The number of rotatable bonds is 2. The van der Waals surface area contributed by atoms with Gasteiger partial charge >= 0.3 is 0 Å². The Morgan fingerprint density at radius 3 is 2.67 bits per heavy atom. The molecule has 1 rings (SSSR count). The van der Waals surface area contributed by atoms with Crippen molar-refractivity contribution in [3.05, 3.63) is 0 Å². The average Bonchev–Trinajstić information content (AvgIpc) is 1.60. The van der Waals surface area contributed by atoms with Crippen LogP contribution in [-0.2, 0) is 4.79 Å². The molecule has 0 aliphatic carbocycles. The standard InChI is InChI=1S/C5H11BNOP/c6-5(8)1-4-2-7(9)3-4/h4H,1-3,6,9H2. The lowest BCUT2D eigenvalue weighted by atomic mass is 9.88. The second kappa shape index (κ2) is 2.81. The summed E-state index contributed by atoms with van der Waals surface area (Å²) in [5, 5.41) is 0. The minimum atomic E-state index is 0.318. The molecule has 1 aliphatic heterocycles. The minimum Gasteiger partial charge on any atom is -0.312 e. The van der Waals surface area contributed by atoms with Gasteiger partial charge in [0.1, 0.15) is 0 Å². The van der Waals surface area contributed by atoms with E-state index in [1.165, 1.54) is 0 Å². The van der Waals surface area contributed by atoms with E-state index >= 15 is 0 Å². The van der Waals surface area contributed by atoms with E-state index in [2.05, 4.69) is 14.1 Å². The number of carbonyl (C=O) groups is 1. The first kappa shape index (κ1) is 7.23. The molecule has 1 unspecified atom stereocenters. The van der Waals surface area contributed by atoms with Crippen LogP contribution >= 0.6 is 9.39 Å². The third-order valence-electron chi connectivity index (χ3n) is 1.56. The van der Waals surface area contributed by atoms with Crippen LogP contribution in [0.4, 0.5) is 0 Å². The fraction of sp³-hybridized carbons (Fsp3) is 0.800. The Bertz CT molecular complexity index is 124. The molecule has 1 fully saturated rings. The molecule has 0 amide bonds. The minimum absolute atomic E-state index is 0.318. The SMILES string of the molecule is BC(=O)CC1CN(P)C1. The first-order valence-corrected chi connectivity index (χ1v) is 3.69. The van der Waals surface area contributed by atoms with Crippen LogP contribution in [-0.4, -0.2) is 31.3 Å². The number of carbonyl (C=O) groups excluding carboxylic acids is 1. The van der Waals surface area contributed by atoms with Crippen LogP contribution < -0.4 is 0 Å². The van der Waals surface area contributed by atoms with Gasteiger partial charge in [-0.15, -0.1) is 0 Å². The molecule has 0 aromatic rings. The van der Waals surface area contributed by atoms with E-state index in [4.69, 9.17) is 0 Å². The van der Waals surface area contributed by atoms with Crippen LogP contribution in [0.1, 0.15) is 6.42 Å². The van der Waals surface area contributed by atoms with E-state index < -0.39 is 0 Å². The fourth-order valence-corrected chi connectivity index (χ4v) is 1.74. The zero-order chi connectivity index (χ0) is 6.85. The molecule has 1 heterocycles. The molecular weight excluding hydrogens is 132 g/mol. The van der Waals surface area contributed by atoms with Gasteiger partial charge in [-0.1, -0.05) is 9.39 Å². The van der Waals surface area contributed by atoms with Crippen LogP contribution in [0, 0.1) is 5.92 Å². The monoisotopic (exact) mass is 143 g/mol. The molecule has 2 nitrogen and oxygen atoms in total. The van der Waals surface area contributed by atoms with Gasteiger partial charge in [0.2, 0.25) is 0 Å². The lowest BCUT2D eigenvalue weighted by Gasteiger charge is -2.35. The largest absolute Gasteiger partial charge is 0.312 e. The third kappa shape index (κ3) is 2.07. The smallest absolute Gasteiger partial charge is 0.187 e. The second-order valence-corrected chi connectivity index (χ2v) is 3.46. The predicted octanol–water partition coefficient (Wildman–Crippen LogP) is -0.742. The van der Waals surface area contributed by atoms with Crippen LogP contribution in [0.25, 0.3) is 0 Å². The van der Waals surface area contributed by atoms with Crippen molar-refractivity contribution >= 4 is 22.9 Å². The summed E-state index contributed by atoms with van der Waals surface area (Å²) >= 11 is 0. The molecule has 4 heteroatoms. The van der Waals surface area contributed by atoms with Crippen LogP contribution in [0.2, 0.25) is 0 Å². The Morgan fingerprint density at radius 2 is 2.33 bits per heavy atom. The van der Waals surface area contributed by atoms with E-state index in [9.17, 15) is 4.79 Å². The van der Waals surface area contributed by atoms with Crippen molar-refractivity contribution in [3.8, 4) is 0 Å². The van der Waals surface area contributed by atoms with Crippen molar-refractivity contribution in [3.63, 3.8) is 0 Å². The van der Waals surface area contributed by atoms with Gasteiger partial charge in [-0.3, -0.25) is 4.67 Å². The highest BCUT2D eigenvalue weighted by Crippen LogP contribution is 2.21. The summed E-state index contributed by atoms with van der Waals surface area (Å²) in [4.78, 5) is 10.5. The molecule has 0 N–H and O–H groups in total. The van der Waals surface area contributed by atoms with Crippen molar-refractivity contribution in [1.29, 1.82) is 0 Å². The molecule has 0 aromatic heterocycles. The summed E-state index contributed by atoms with van der Waals surface area (Å²) in [5.74, 6) is 0.639. The van der Waals surface area contributed by atoms with Crippen LogP contribution in [0.5, 0.6) is 0 Å². The van der Waals surface area contributed by atoms with E-state index in [-0.39, 0.29) is 0 Å². The molecule has 0 bridgehead atoms. The average molecular weight is 143 g/mol. The van der Waals surface area contributed by atoms with Crippen molar-refractivity contribution in [2.24, 2.45) is 5.92 Å². The summed E-state index contributed by atoms with van der Waals surface area (Å²) in [5.41, 5.74) is 0.318. The molecule has 0 aromatic carbocycles. The van der Waals surface area contributed by atoms with Gasteiger partial charge in [0.05, 0.1) is 5.68 Å². The van der Waals surface area contributed by atoms with Crippen molar-refractivity contribution < 1.29 is 4.79 Å². The quantitative estimate of drug-likeness (QED) is 0.374. The van der Waals surface area contributed by atoms with Gasteiger partial charge in [-0.25, -0.2) is 0 Å². The van der Waals surface area contributed by atoms with Gasteiger partial charge in [0, 0.05) is 19.5 Å². The lowest BCUT2D eigenvalue weighted by Crippen LogP contribution is -2.40. The summed E-state index contributed by atoms with van der Waals surface area (Å²) in [6.07, 6.45) is 0.769. The van der Waals surface area contributed by atoms with E-state index in [0.29, 0.717) is 11.6 Å². The first-order chi connectivity index (χ1) is 4.18. The maximum absolute atomic E-state index is 10.5. The number of hydrogen-bond donors (Lipinski definition) is 0. The predicted molar refractivity (Wildman–Crippen MR) is 42.9 cm³/mol. The lowest BCUT2D eigenvalue weighted by molar-refractivity contribution is -0.113. The molecule has 50 valence electrons.